The topological polar surface area (TPSA) is 66.5 Å². The molecular weight excluding hydrogens is 239 g/mol. The van der Waals surface area contributed by atoms with Gasteiger partial charge in [0.2, 0.25) is 0 Å². The molecule has 1 aromatic carbocycles. The normalized spacial score (nSPS) is 15.6. The Labute approximate surface area is 93.8 Å². The third-order valence-electron chi connectivity index (χ3n) is 1.97. The highest BCUT2D eigenvalue weighted by molar-refractivity contribution is 6.53. The SMILES string of the molecule is O=C1NC(=O)N(c2ccc(F)cc2Cl)C1=O. The van der Waals surface area contributed by atoms with Crippen molar-refractivity contribution in [1.82, 2.24) is 5.32 Å². The van der Waals surface area contributed by atoms with Gasteiger partial charge in [-0.25, -0.2) is 14.1 Å². The first-order valence-corrected chi connectivity index (χ1v) is 4.53. The van der Waals surface area contributed by atoms with E-state index in [1.165, 1.54) is 0 Å². The standard InChI is InChI=1S/C9H4ClFN2O3/c10-5-3-4(11)1-2-6(5)13-8(15)7(14)12-9(13)16/h1-3H,(H,12,14,16). The van der Waals surface area contributed by atoms with Crippen molar-refractivity contribution < 1.29 is 18.8 Å². The summed E-state index contributed by atoms with van der Waals surface area (Å²) in [6.45, 7) is 0. The lowest BCUT2D eigenvalue weighted by molar-refractivity contribution is -0.134. The first-order valence-electron chi connectivity index (χ1n) is 4.15. The Hall–Kier alpha value is -1.95. The number of nitrogens with zero attached hydrogens (tertiary/aromatic N) is 1. The lowest BCUT2D eigenvalue weighted by atomic mass is 10.3. The number of rotatable bonds is 1. The van der Waals surface area contributed by atoms with E-state index in [1.54, 1.807) is 5.32 Å². The first-order chi connectivity index (χ1) is 7.50. The van der Waals surface area contributed by atoms with E-state index < -0.39 is 23.7 Å². The van der Waals surface area contributed by atoms with Gasteiger partial charge in [-0.2, -0.15) is 0 Å². The molecule has 4 amide bonds. The lowest BCUT2D eigenvalue weighted by Crippen LogP contribution is -2.31. The summed E-state index contributed by atoms with van der Waals surface area (Å²) in [5.41, 5.74) is -0.0311. The number of amides is 4. The van der Waals surface area contributed by atoms with Crippen LogP contribution in [0.3, 0.4) is 0 Å². The van der Waals surface area contributed by atoms with Crippen molar-refractivity contribution in [2.45, 2.75) is 0 Å². The van der Waals surface area contributed by atoms with Crippen molar-refractivity contribution in [3.63, 3.8) is 0 Å². The minimum absolute atomic E-state index is 0.0311. The zero-order chi connectivity index (χ0) is 11.9. The van der Waals surface area contributed by atoms with E-state index in [2.05, 4.69) is 0 Å². The van der Waals surface area contributed by atoms with Crippen LogP contribution in [-0.4, -0.2) is 17.8 Å². The molecule has 0 spiro atoms. The van der Waals surface area contributed by atoms with Gasteiger partial charge in [0.25, 0.3) is 0 Å². The maximum Gasteiger partial charge on any atom is 0.336 e. The Balaban J connectivity index is 2.48. The quantitative estimate of drug-likeness (QED) is 0.592. The number of nitrogens with one attached hydrogen (secondary N) is 1. The summed E-state index contributed by atoms with van der Waals surface area (Å²) in [6.07, 6.45) is 0. The summed E-state index contributed by atoms with van der Waals surface area (Å²) in [5.74, 6) is -2.68. The van der Waals surface area contributed by atoms with Gasteiger partial charge in [-0.1, -0.05) is 11.6 Å². The largest absolute Gasteiger partial charge is 0.336 e. The number of imide groups is 2. The van der Waals surface area contributed by atoms with Crippen LogP contribution in [0.4, 0.5) is 14.9 Å². The summed E-state index contributed by atoms with van der Waals surface area (Å²) >= 11 is 5.66. The van der Waals surface area contributed by atoms with E-state index in [9.17, 15) is 18.8 Å². The second kappa shape index (κ2) is 3.57. The van der Waals surface area contributed by atoms with Crippen LogP contribution in [0.15, 0.2) is 18.2 Å². The average molecular weight is 243 g/mol. The number of anilines is 1. The molecule has 0 saturated carbocycles. The summed E-state index contributed by atoms with van der Waals surface area (Å²) < 4.78 is 12.8. The molecule has 1 heterocycles. The number of hydrogen-bond acceptors (Lipinski definition) is 3. The number of urea groups is 1. The Bertz CT molecular complexity index is 517. The fourth-order valence-corrected chi connectivity index (χ4v) is 1.53. The van der Waals surface area contributed by atoms with Crippen LogP contribution in [-0.2, 0) is 9.59 Å². The molecule has 2 rings (SSSR count). The third-order valence-corrected chi connectivity index (χ3v) is 2.27. The van der Waals surface area contributed by atoms with Crippen LogP contribution in [0.5, 0.6) is 0 Å². The van der Waals surface area contributed by atoms with Gasteiger partial charge < -0.3 is 0 Å². The zero-order valence-electron chi connectivity index (χ0n) is 7.66. The monoisotopic (exact) mass is 242 g/mol. The summed E-state index contributed by atoms with van der Waals surface area (Å²) in [7, 11) is 0. The second-order valence-corrected chi connectivity index (χ2v) is 3.40. The van der Waals surface area contributed by atoms with Crippen LogP contribution >= 0.6 is 11.6 Å². The van der Waals surface area contributed by atoms with Gasteiger partial charge in [0.05, 0.1) is 10.7 Å². The molecule has 0 bridgehead atoms. The van der Waals surface area contributed by atoms with Gasteiger partial charge >= 0.3 is 17.8 Å². The molecule has 5 nitrogen and oxygen atoms in total. The molecule has 1 aromatic rings. The molecule has 16 heavy (non-hydrogen) atoms. The third kappa shape index (κ3) is 1.53. The number of benzene rings is 1. The molecule has 0 unspecified atom stereocenters. The molecule has 1 aliphatic rings. The van der Waals surface area contributed by atoms with Gasteiger partial charge in [-0.15, -0.1) is 0 Å². The maximum atomic E-state index is 12.8. The van der Waals surface area contributed by atoms with Crippen molar-refractivity contribution in [3.05, 3.63) is 29.0 Å². The van der Waals surface area contributed by atoms with E-state index in [1.807, 2.05) is 0 Å². The van der Waals surface area contributed by atoms with Crippen molar-refractivity contribution in [3.8, 4) is 0 Å². The molecule has 0 radical (unpaired) electrons. The van der Waals surface area contributed by atoms with Crippen LogP contribution in [0.1, 0.15) is 0 Å². The minimum atomic E-state index is -1.04. The number of hydrogen-bond donors (Lipinski definition) is 1. The molecule has 1 N–H and O–H groups in total. The molecule has 0 aromatic heterocycles. The molecule has 7 heteroatoms. The van der Waals surface area contributed by atoms with Crippen molar-refractivity contribution in [2.24, 2.45) is 0 Å². The van der Waals surface area contributed by atoms with Gasteiger partial charge in [0.1, 0.15) is 5.82 Å². The molecular formula is C9H4ClFN2O3. The van der Waals surface area contributed by atoms with E-state index >= 15 is 0 Å². The van der Waals surface area contributed by atoms with E-state index in [0.717, 1.165) is 18.2 Å². The highest BCUT2D eigenvalue weighted by Gasteiger charge is 2.38. The fourth-order valence-electron chi connectivity index (χ4n) is 1.28. The minimum Gasteiger partial charge on any atom is -0.269 e. The van der Waals surface area contributed by atoms with Crippen LogP contribution < -0.4 is 10.2 Å². The zero-order valence-corrected chi connectivity index (χ0v) is 8.42. The average Bonchev–Trinajstić information content (AvgIpc) is 2.43. The molecule has 1 fully saturated rings. The summed E-state index contributed by atoms with van der Waals surface area (Å²) in [5, 5.41) is 1.68. The highest BCUT2D eigenvalue weighted by Crippen LogP contribution is 2.28. The molecule has 0 aliphatic carbocycles. The van der Waals surface area contributed by atoms with E-state index in [0.29, 0.717) is 4.90 Å². The van der Waals surface area contributed by atoms with Crippen LogP contribution in [0.25, 0.3) is 0 Å². The second-order valence-electron chi connectivity index (χ2n) is 3.00. The van der Waals surface area contributed by atoms with Gasteiger partial charge in [-0.3, -0.25) is 14.9 Å². The molecule has 82 valence electrons. The molecule has 1 saturated heterocycles. The predicted octanol–water partition coefficient (Wildman–Crippen LogP) is 1.06. The smallest absolute Gasteiger partial charge is 0.269 e. The Morgan fingerprint density at radius 1 is 1.25 bits per heavy atom. The van der Waals surface area contributed by atoms with Gasteiger partial charge in [0, 0.05) is 0 Å². The van der Waals surface area contributed by atoms with Gasteiger partial charge in [-0.05, 0) is 18.2 Å². The van der Waals surface area contributed by atoms with E-state index in [4.69, 9.17) is 11.6 Å². The molecule has 0 atom stereocenters. The summed E-state index contributed by atoms with van der Waals surface area (Å²) in [4.78, 5) is 34.0. The summed E-state index contributed by atoms with van der Waals surface area (Å²) in [6, 6.07) is 2.22. The molecule has 1 aliphatic heterocycles. The Kier molecular flexibility index (Phi) is 2.35. The first kappa shape index (κ1) is 10.6. The number of carbonyl (C=O) groups excluding carboxylic acids is 3. The Morgan fingerprint density at radius 3 is 2.44 bits per heavy atom. The van der Waals surface area contributed by atoms with Gasteiger partial charge in [0.15, 0.2) is 0 Å². The predicted molar refractivity (Wildman–Crippen MR) is 52.4 cm³/mol. The van der Waals surface area contributed by atoms with E-state index in [-0.39, 0.29) is 10.7 Å². The fraction of sp³-hybridized carbons (Fsp3) is 0. The lowest BCUT2D eigenvalue weighted by Gasteiger charge is -2.12. The van der Waals surface area contributed by atoms with Crippen LogP contribution in [0, 0.1) is 5.82 Å². The highest BCUT2D eigenvalue weighted by atomic mass is 35.5. The van der Waals surface area contributed by atoms with Crippen molar-refractivity contribution >= 4 is 35.1 Å². The number of halogens is 2. The van der Waals surface area contributed by atoms with Crippen molar-refractivity contribution in [2.75, 3.05) is 4.90 Å². The maximum absolute atomic E-state index is 12.8. The number of carbonyl (C=O) groups is 3. The van der Waals surface area contributed by atoms with Crippen molar-refractivity contribution in [1.29, 1.82) is 0 Å². The van der Waals surface area contributed by atoms with Crippen LogP contribution in [0.2, 0.25) is 5.02 Å². The Morgan fingerprint density at radius 2 is 1.94 bits per heavy atom.